The molecule has 1 saturated heterocycles. The van der Waals surface area contributed by atoms with Gasteiger partial charge < -0.3 is 14.4 Å². The van der Waals surface area contributed by atoms with Gasteiger partial charge in [0.1, 0.15) is 12.3 Å². The third kappa shape index (κ3) is 3.73. The second-order valence-electron chi connectivity index (χ2n) is 5.73. The third-order valence-electron chi connectivity index (χ3n) is 3.92. The molecule has 0 aliphatic carbocycles. The van der Waals surface area contributed by atoms with E-state index in [0.29, 0.717) is 30.9 Å². The van der Waals surface area contributed by atoms with E-state index in [1.807, 2.05) is 13.0 Å². The van der Waals surface area contributed by atoms with Crippen molar-refractivity contribution in [2.24, 2.45) is 0 Å². The van der Waals surface area contributed by atoms with Crippen LogP contribution in [-0.2, 0) is 9.53 Å². The minimum absolute atomic E-state index is 0.123. The largest absolute Gasteiger partial charge is 0.474 e. The van der Waals surface area contributed by atoms with Gasteiger partial charge in [-0.2, -0.15) is 0 Å². The normalized spacial score (nSPS) is 21.1. The Morgan fingerprint density at radius 3 is 3.18 bits per heavy atom. The van der Waals surface area contributed by atoms with Crippen LogP contribution < -0.4 is 9.64 Å². The Morgan fingerprint density at radius 2 is 2.36 bits per heavy atom. The summed E-state index contributed by atoms with van der Waals surface area (Å²) in [6, 6.07) is 1.97. The number of carbonyl (C=O) groups is 1. The Hall–Kier alpha value is -1.27. The molecule has 5 nitrogen and oxygen atoms in total. The summed E-state index contributed by atoms with van der Waals surface area (Å²) >= 11 is 1.66. The van der Waals surface area contributed by atoms with Crippen molar-refractivity contribution in [3.63, 3.8) is 0 Å². The molecular weight excluding hydrogens is 300 g/mol. The fourth-order valence-electron chi connectivity index (χ4n) is 2.75. The number of anilines is 1. The van der Waals surface area contributed by atoms with Crippen LogP contribution in [0, 0.1) is 6.92 Å². The summed E-state index contributed by atoms with van der Waals surface area (Å²) in [5, 5.41) is 0. The lowest BCUT2D eigenvalue weighted by Gasteiger charge is -2.29. The molecular formula is C16H22N2O3S. The number of nitrogens with zero attached hydrogens (tertiary/aromatic N) is 2. The van der Waals surface area contributed by atoms with E-state index in [9.17, 15) is 4.79 Å². The van der Waals surface area contributed by atoms with E-state index < -0.39 is 0 Å². The molecule has 0 N–H and O–H groups in total. The lowest BCUT2D eigenvalue weighted by atomic mass is 10.1. The van der Waals surface area contributed by atoms with Gasteiger partial charge in [0.25, 0.3) is 0 Å². The Morgan fingerprint density at radius 1 is 1.45 bits per heavy atom. The van der Waals surface area contributed by atoms with Gasteiger partial charge in [-0.15, -0.1) is 11.8 Å². The summed E-state index contributed by atoms with van der Waals surface area (Å²) in [7, 11) is 0. The Kier molecular flexibility index (Phi) is 5.20. The molecule has 3 heterocycles. The van der Waals surface area contributed by atoms with E-state index >= 15 is 0 Å². The number of rotatable bonds is 4. The van der Waals surface area contributed by atoms with Gasteiger partial charge in [0.15, 0.2) is 0 Å². The summed E-state index contributed by atoms with van der Waals surface area (Å²) in [5.41, 5.74) is 1.83. The van der Waals surface area contributed by atoms with E-state index in [1.165, 1.54) is 6.42 Å². The maximum Gasteiger partial charge on any atom is 0.238 e. The molecule has 1 aromatic heterocycles. The van der Waals surface area contributed by atoms with Gasteiger partial charge >= 0.3 is 0 Å². The van der Waals surface area contributed by atoms with Crippen molar-refractivity contribution < 1.29 is 14.3 Å². The molecule has 0 radical (unpaired) electrons. The summed E-state index contributed by atoms with van der Waals surface area (Å²) in [4.78, 5) is 18.6. The predicted molar refractivity (Wildman–Crippen MR) is 87.7 cm³/mol. The van der Waals surface area contributed by atoms with Crippen molar-refractivity contribution in [1.29, 1.82) is 0 Å². The predicted octanol–water partition coefficient (Wildman–Crippen LogP) is 2.42. The zero-order valence-electron chi connectivity index (χ0n) is 12.9. The van der Waals surface area contributed by atoms with Crippen LogP contribution in [-0.4, -0.2) is 48.3 Å². The lowest BCUT2D eigenvalue weighted by Crippen LogP contribution is -2.39. The molecule has 1 aromatic rings. The topological polar surface area (TPSA) is 51.7 Å². The SMILES string of the molecule is Cc1cnc2c(c1)N(C(=O)CSC[C@H]1CCCCO1)CCO2. The van der Waals surface area contributed by atoms with E-state index in [2.05, 4.69) is 4.98 Å². The van der Waals surface area contributed by atoms with Gasteiger partial charge in [0.05, 0.1) is 18.4 Å². The van der Waals surface area contributed by atoms with Crippen molar-refractivity contribution >= 4 is 23.4 Å². The molecule has 0 bridgehead atoms. The summed E-state index contributed by atoms with van der Waals surface area (Å²) in [6.45, 7) is 3.93. The average Bonchev–Trinajstić information content (AvgIpc) is 2.55. The average molecular weight is 322 g/mol. The van der Waals surface area contributed by atoms with Gasteiger partial charge in [-0.25, -0.2) is 4.98 Å². The van der Waals surface area contributed by atoms with E-state index in [-0.39, 0.29) is 5.91 Å². The van der Waals surface area contributed by atoms with Crippen molar-refractivity contribution in [2.45, 2.75) is 32.3 Å². The maximum atomic E-state index is 12.5. The number of carbonyl (C=O) groups excluding carboxylic acids is 1. The first-order valence-corrected chi connectivity index (χ1v) is 8.98. The van der Waals surface area contributed by atoms with Crippen LogP contribution in [0.2, 0.25) is 0 Å². The van der Waals surface area contributed by atoms with Crippen LogP contribution >= 0.6 is 11.8 Å². The smallest absolute Gasteiger partial charge is 0.238 e. The van der Waals surface area contributed by atoms with Crippen molar-refractivity contribution in [3.05, 3.63) is 17.8 Å². The van der Waals surface area contributed by atoms with Crippen molar-refractivity contribution in [2.75, 3.05) is 36.2 Å². The molecule has 22 heavy (non-hydrogen) atoms. The second-order valence-corrected chi connectivity index (χ2v) is 6.76. The number of pyridine rings is 1. The summed E-state index contributed by atoms with van der Waals surface area (Å²) in [6.07, 6.45) is 5.59. The summed E-state index contributed by atoms with van der Waals surface area (Å²) < 4.78 is 11.2. The molecule has 0 unspecified atom stereocenters. The highest BCUT2D eigenvalue weighted by atomic mass is 32.2. The zero-order chi connectivity index (χ0) is 15.4. The van der Waals surface area contributed by atoms with Crippen LogP contribution in [0.5, 0.6) is 5.88 Å². The number of amides is 1. The van der Waals surface area contributed by atoms with E-state index in [0.717, 1.165) is 36.5 Å². The number of fused-ring (bicyclic) bond motifs is 1. The first-order chi connectivity index (χ1) is 10.7. The van der Waals surface area contributed by atoms with E-state index in [1.54, 1.807) is 22.9 Å². The number of thioether (sulfide) groups is 1. The molecule has 1 fully saturated rings. The second kappa shape index (κ2) is 7.33. The van der Waals surface area contributed by atoms with Crippen LogP contribution in [0.1, 0.15) is 24.8 Å². The van der Waals surface area contributed by atoms with Crippen LogP contribution in [0.3, 0.4) is 0 Å². The van der Waals surface area contributed by atoms with Crippen LogP contribution in [0.25, 0.3) is 0 Å². The lowest BCUT2D eigenvalue weighted by molar-refractivity contribution is -0.116. The third-order valence-corrected chi connectivity index (χ3v) is 4.98. The molecule has 120 valence electrons. The molecule has 2 aliphatic rings. The molecule has 0 saturated carbocycles. The number of aromatic nitrogens is 1. The Balaban J connectivity index is 1.55. The Labute approximate surface area is 135 Å². The monoisotopic (exact) mass is 322 g/mol. The van der Waals surface area contributed by atoms with Crippen molar-refractivity contribution in [3.8, 4) is 5.88 Å². The van der Waals surface area contributed by atoms with Crippen molar-refractivity contribution in [1.82, 2.24) is 4.98 Å². The highest BCUT2D eigenvalue weighted by molar-refractivity contribution is 8.00. The molecule has 1 amide bonds. The van der Waals surface area contributed by atoms with Gasteiger partial charge in [0, 0.05) is 18.6 Å². The maximum absolute atomic E-state index is 12.5. The molecule has 3 rings (SSSR count). The molecule has 1 atom stereocenters. The molecule has 0 spiro atoms. The first kappa shape index (κ1) is 15.6. The molecule has 0 aromatic carbocycles. The fourth-order valence-corrected chi connectivity index (χ4v) is 3.73. The van der Waals surface area contributed by atoms with Gasteiger partial charge in [-0.1, -0.05) is 0 Å². The summed E-state index contributed by atoms with van der Waals surface area (Å²) in [5.74, 6) is 2.06. The minimum Gasteiger partial charge on any atom is -0.474 e. The van der Waals surface area contributed by atoms with Gasteiger partial charge in [0.2, 0.25) is 11.8 Å². The van der Waals surface area contributed by atoms with Crippen LogP contribution in [0.15, 0.2) is 12.3 Å². The standard InChI is InChI=1S/C16H22N2O3S/c1-12-8-14-16(17-9-12)21-7-5-18(14)15(19)11-22-10-13-4-2-3-6-20-13/h8-9,13H,2-7,10-11H2,1H3/t13-/m1/s1. The number of hydrogen-bond donors (Lipinski definition) is 0. The first-order valence-electron chi connectivity index (χ1n) is 7.83. The quantitative estimate of drug-likeness (QED) is 0.852. The highest BCUT2D eigenvalue weighted by Gasteiger charge is 2.25. The number of aryl methyl sites for hydroxylation is 1. The number of hydrogen-bond acceptors (Lipinski definition) is 5. The van der Waals surface area contributed by atoms with Gasteiger partial charge in [-0.05, 0) is 37.8 Å². The highest BCUT2D eigenvalue weighted by Crippen LogP contribution is 2.30. The Bertz CT molecular complexity index is 532. The minimum atomic E-state index is 0.123. The molecule has 2 aliphatic heterocycles. The zero-order valence-corrected chi connectivity index (χ0v) is 13.7. The number of ether oxygens (including phenoxy) is 2. The fraction of sp³-hybridized carbons (Fsp3) is 0.625. The van der Waals surface area contributed by atoms with E-state index in [4.69, 9.17) is 9.47 Å². The van der Waals surface area contributed by atoms with Crippen LogP contribution in [0.4, 0.5) is 5.69 Å². The molecule has 6 heteroatoms. The van der Waals surface area contributed by atoms with Gasteiger partial charge in [-0.3, -0.25) is 4.79 Å².